The number of rotatable bonds is 4. The van der Waals surface area contributed by atoms with Crippen LogP contribution in [0.2, 0.25) is 15.1 Å². The van der Waals surface area contributed by atoms with Crippen molar-refractivity contribution in [1.29, 1.82) is 0 Å². The van der Waals surface area contributed by atoms with Crippen LogP contribution in [-0.2, 0) is 20.9 Å². The van der Waals surface area contributed by atoms with Gasteiger partial charge in [-0.15, -0.1) is 0 Å². The minimum Gasteiger partial charge on any atom is -0.374 e. The number of carbonyl (C=O) groups is 1. The molecule has 0 N–H and O–H groups in total. The third-order valence-electron chi connectivity index (χ3n) is 5.25. The van der Waals surface area contributed by atoms with Crippen LogP contribution in [0.25, 0.3) is 0 Å². The molecule has 3 heterocycles. The van der Waals surface area contributed by atoms with Crippen LogP contribution >= 0.6 is 34.8 Å². The third-order valence-corrected chi connectivity index (χ3v) is 6.45. The summed E-state index contributed by atoms with van der Waals surface area (Å²) in [6, 6.07) is 4.82. The maximum absolute atomic E-state index is 14.7. The van der Waals surface area contributed by atoms with E-state index < -0.39 is 23.9 Å². The zero-order valence-corrected chi connectivity index (χ0v) is 17.7. The molecule has 31 heavy (non-hydrogen) atoms. The molecule has 1 saturated heterocycles. The zero-order chi connectivity index (χ0) is 22.6. The summed E-state index contributed by atoms with van der Waals surface area (Å²) in [5.74, 6) is 0. The Morgan fingerprint density at radius 1 is 1.13 bits per heavy atom. The van der Waals surface area contributed by atoms with Gasteiger partial charge in [0, 0.05) is 17.3 Å². The average molecular weight is 497 g/mol. The Balaban J connectivity index is 1.62. The predicted molar refractivity (Wildman–Crippen MR) is 106 cm³/mol. The topological polar surface area (TPSA) is 54.8 Å². The van der Waals surface area contributed by atoms with Crippen LogP contribution in [0, 0.1) is 0 Å². The highest BCUT2D eigenvalue weighted by molar-refractivity contribution is 6.48. The number of amides is 1. The van der Waals surface area contributed by atoms with E-state index >= 15 is 0 Å². The van der Waals surface area contributed by atoms with Gasteiger partial charge in [0.1, 0.15) is 0 Å². The fourth-order valence-electron chi connectivity index (χ4n) is 3.51. The second kappa shape index (κ2) is 7.50. The number of hydrogen-bond donors (Lipinski definition) is 0. The molecule has 1 atom stereocenters. The molecule has 0 saturated carbocycles. The standard InChI is InChI=1S/C19H12Cl3F4N3O2/c20-12-3-11(4-13(21)16(12)22)18(19(24,25)26)5-14(28-31-18)10-1-2-15(27-6-10)17(23)7-29(8-17)9-30/h1-4,6,9H,5,7-8H2. The Hall–Kier alpha value is -2.10. The summed E-state index contributed by atoms with van der Waals surface area (Å²) in [6.45, 7) is -0.273. The minimum atomic E-state index is -4.86. The maximum atomic E-state index is 14.7. The van der Waals surface area contributed by atoms with E-state index in [9.17, 15) is 22.4 Å². The van der Waals surface area contributed by atoms with Gasteiger partial charge in [0.05, 0.1) is 46.0 Å². The summed E-state index contributed by atoms with van der Waals surface area (Å²) in [6.07, 6.45) is -3.79. The molecule has 0 aliphatic carbocycles. The van der Waals surface area contributed by atoms with Crippen molar-refractivity contribution in [3.63, 3.8) is 0 Å². The highest BCUT2D eigenvalue weighted by Crippen LogP contribution is 2.50. The first kappa shape index (κ1) is 22.1. The van der Waals surface area contributed by atoms with Gasteiger partial charge in [-0.3, -0.25) is 9.78 Å². The van der Waals surface area contributed by atoms with Crippen molar-refractivity contribution < 1.29 is 27.2 Å². The Labute approximate surface area is 188 Å². The van der Waals surface area contributed by atoms with Crippen molar-refractivity contribution in [1.82, 2.24) is 9.88 Å². The van der Waals surface area contributed by atoms with E-state index in [1.54, 1.807) is 0 Å². The zero-order valence-electron chi connectivity index (χ0n) is 15.4. The summed E-state index contributed by atoms with van der Waals surface area (Å²) >= 11 is 17.7. The second-order valence-corrected chi connectivity index (χ2v) is 8.48. The Morgan fingerprint density at radius 3 is 2.29 bits per heavy atom. The molecule has 0 bridgehead atoms. The van der Waals surface area contributed by atoms with Gasteiger partial charge >= 0.3 is 6.18 Å². The van der Waals surface area contributed by atoms with Crippen molar-refractivity contribution in [3.8, 4) is 0 Å². The van der Waals surface area contributed by atoms with Crippen LogP contribution in [0.4, 0.5) is 17.6 Å². The van der Waals surface area contributed by atoms with Crippen LogP contribution in [0.1, 0.15) is 23.2 Å². The summed E-state index contributed by atoms with van der Waals surface area (Å²) in [7, 11) is 0. The van der Waals surface area contributed by atoms with Crippen molar-refractivity contribution in [2.75, 3.05) is 13.1 Å². The molecule has 1 fully saturated rings. The van der Waals surface area contributed by atoms with Crippen molar-refractivity contribution in [3.05, 3.63) is 62.4 Å². The molecule has 4 rings (SSSR count). The van der Waals surface area contributed by atoms with Crippen molar-refractivity contribution >= 4 is 46.9 Å². The molecule has 1 aromatic heterocycles. The number of aromatic nitrogens is 1. The number of benzene rings is 1. The molecule has 164 valence electrons. The number of pyridine rings is 1. The lowest BCUT2D eigenvalue weighted by Gasteiger charge is -2.41. The van der Waals surface area contributed by atoms with Gasteiger partial charge < -0.3 is 9.74 Å². The van der Waals surface area contributed by atoms with Gasteiger partial charge in [-0.05, 0) is 24.3 Å². The quantitative estimate of drug-likeness (QED) is 0.330. The lowest BCUT2D eigenvalue weighted by molar-refractivity contribution is -0.275. The molecule has 1 aromatic carbocycles. The first-order valence-electron chi connectivity index (χ1n) is 8.81. The van der Waals surface area contributed by atoms with Crippen LogP contribution in [0.3, 0.4) is 0 Å². The highest BCUT2D eigenvalue weighted by atomic mass is 35.5. The molecule has 2 aliphatic rings. The Bertz CT molecular complexity index is 1050. The summed E-state index contributed by atoms with van der Waals surface area (Å²) in [4.78, 5) is 20.8. The van der Waals surface area contributed by atoms with E-state index in [1.165, 1.54) is 23.2 Å². The van der Waals surface area contributed by atoms with Crippen LogP contribution < -0.4 is 0 Å². The number of nitrogens with zero attached hydrogens (tertiary/aromatic N) is 3. The molecule has 0 spiro atoms. The largest absolute Gasteiger partial charge is 0.435 e. The first-order chi connectivity index (χ1) is 14.5. The van der Waals surface area contributed by atoms with Crippen LogP contribution in [0.15, 0.2) is 35.6 Å². The smallest absolute Gasteiger partial charge is 0.374 e. The summed E-state index contributed by atoms with van der Waals surface area (Å²) in [5.41, 5.74) is -4.69. The molecule has 1 unspecified atom stereocenters. The van der Waals surface area contributed by atoms with E-state index in [0.29, 0.717) is 6.41 Å². The van der Waals surface area contributed by atoms with Gasteiger partial charge in [0.15, 0.2) is 5.67 Å². The fourth-order valence-corrected chi connectivity index (χ4v) is 4.11. The minimum absolute atomic E-state index is 0.0328. The second-order valence-electron chi connectivity index (χ2n) is 7.29. The maximum Gasteiger partial charge on any atom is 0.435 e. The van der Waals surface area contributed by atoms with Gasteiger partial charge in [-0.2, -0.15) is 13.2 Å². The van der Waals surface area contributed by atoms with Crippen molar-refractivity contribution in [2.24, 2.45) is 5.16 Å². The van der Waals surface area contributed by atoms with Gasteiger partial charge in [-0.1, -0.05) is 40.0 Å². The molecule has 2 aromatic rings. The van der Waals surface area contributed by atoms with Gasteiger partial charge in [0.2, 0.25) is 6.41 Å². The molecular formula is C19H12Cl3F4N3O2. The summed E-state index contributed by atoms with van der Waals surface area (Å²) in [5, 5.41) is 3.23. The van der Waals surface area contributed by atoms with Crippen LogP contribution in [-0.4, -0.2) is 41.3 Å². The first-order valence-corrected chi connectivity index (χ1v) is 9.94. The summed E-state index contributed by atoms with van der Waals surface area (Å²) < 4.78 is 56.9. The van der Waals surface area contributed by atoms with E-state index in [4.69, 9.17) is 39.6 Å². The Morgan fingerprint density at radius 2 is 1.77 bits per heavy atom. The SMILES string of the molecule is O=CN1CC(F)(c2ccc(C3=NOC(c4cc(Cl)c(Cl)c(Cl)c4)(C(F)(F)F)C3)cn2)C1. The lowest BCUT2D eigenvalue weighted by atomic mass is 9.86. The molecule has 1 amide bonds. The monoisotopic (exact) mass is 495 g/mol. The van der Waals surface area contributed by atoms with E-state index in [1.807, 2.05) is 0 Å². The van der Waals surface area contributed by atoms with Crippen molar-refractivity contribution in [2.45, 2.75) is 23.9 Å². The van der Waals surface area contributed by atoms with E-state index in [-0.39, 0.29) is 50.7 Å². The molecule has 5 nitrogen and oxygen atoms in total. The van der Waals surface area contributed by atoms with Gasteiger partial charge in [0.25, 0.3) is 5.60 Å². The van der Waals surface area contributed by atoms with E-state index in [0.717, 1.165) is 12.1 Å². The number of hydrogen-bond acceptors (Lipinski definition) is 4. The molecule has 12 heteroatoms. The number of alkyl halides is 4. The molecule has 0 radical (unpaired) electrons. The molecule has 2 aliphatic heterocycles. The lowest BCUT2D eigenvalue weighted by Crippen LogP contribution is -2.56. The highest BCUT2D eigenvalue weighted by Gasteiger charge is 2.62. The van der Waals surface area contributed by atoms with Gasteiger partial charge in [-0.25, -0.2) is 4.39 Å². The number of halogens is 7. The number of carbonyl (C=O) groups excluding carboxylic acids is 1. The Kier molecular flexibility index (Phi) is 5.34. The van der Waals surface area contributed by atoms with E-state index in [2.05, 4.69) is 10.1 Å². The van der Waals surface area contributed by atoms with Crippen LogP contribution in [0.5, 0.6) is 0 Å². The number of oxime groups is 1. The molecular weight excluding hydrogens is 485 g/mol. The number of likely N-dealkylation sites (tertiary alicyclic amines) is 1. The predicted octanol–water partition coefficient (Wildman–Crippen LogP) is 5.26. The fraction of sp³-hybridized carbons (Fsp3) is 0.316. The normalized spacial score (nSPS) is 22.5. The average Bonchev–Trinajstić information content (AvgIpc) is 3.16. The third kappa shape index (κ3) is 3.62.